The van der Waals surface area contributed by atoms with Gasteiger partial charge in [0.05, 0.1) is 12.3 Å². The second-order valence-electron chi connectivity index (χ2n) is 4.63. The number of rotatable bonds is 1. The minimum atomic E-state index is -1.40. The molecule has 0 aliphatic carbocycles. The molecule has 0 radical (unpaired) electrons. The molecule has 0 amide bonds. The molecule has 7 heteroatoms. The standard InChI is InChI=1S/C11H13N3O4/c1-11(17)8(15)4-18-9(11)6-2-3-7-10(16)12-5-13-14(6)7/h2-3,5,8-9,15,17H,4H2,1H3,(H,12,13,16)/t8-,9+,11-/m1/s1. The number of H-pyrrole nitrogens is 1. The summed E-state index contributed by atoms with van der Waals surface area (Å²) in [6, 6.07) is 3.26. The number of aromatic amines is 1. The zero-order chi connectivity index (χ0) is 12.9. The van der Waals surface area contributed by atoms with Crippen molar-refractivity contribution < 1.29 is 14.9 Å². The Labute approximate surface area is 102 Å². The highest BCUT2D eigenvalue weighted by molar-refractivity contribution is 5.46. The summed E-state index contributed by atoms with van der Waals surface area (Å²) in [5, 5.41) is 23.9. The Hall–Kier alpha value is -1.70. The highest BCUT2D eigenvalue weighted by Crippen LogP contribution is 2.37. The average molecular weight is 251 g/mol. The van der Waals surface area contributed by atoms with Crippen LogP contribution in [0.2, 0.25) is 0 Å². The van der Waals surface area contributed by atoms with E-state index in [1.807, 2.05) is 0 Å². The molecule has 0 aromatic carbocycles. The van der Waals surface area contributed by atoms with Gasteiger partial charge >= 0.3 is 0 Å². The molecule has 0 saturated carbocycles. The topological polar surface area (TPSA) is 99.8 Å². The minimum absolute atomic E-state index is 0.0497. The molecule has 18 heavy (non-hydrogen) atoms. The van der Waals surface area contributed by atoms with E-state index in [1.54, 1.807) is 12.1 Å². The number of aliphatic hydroxyl groups excluding tert-OH is 1. The van der Waals surface area contributed by atoms with Crippen LogP contribution in [-0.4, -0.2) is 43.1 Å². The van der Waals surface area contributed by atoms with Gasteiger partial charge in [-0.25, -0.2) is 4.52 Å². The number of fused-ring (bicyclic) bond motifs is 1. The van der Waals surface area contributed by atoms with Crippen molar-refractivity contribution in [3.05, 3.63) is 34.5 Å². The predicted octanol–water partition coefficient (Wildman–Crippen LogP) is -0.794. The fraction of sp³-hybridized carbons (Fsp3) is 0.455. The number of aliphatic hydroxyl groups is 2. The second kappa shape index (κ2) is 3.64. The summed E-state index contributed by atoms with van der Waals surface area (Å²) in [5.41, 5.74) is -0.765. The van der Waals surface area contributed by atoms with E-state index in [2.05, 4.69) is 10.1 Å². The van der Waals surface area contributed by atoms with E-state index < -0.39 is 17.8 Å². The van der Waals surface area contributed by atoms with Gasteiger partial charge in [-0.3, -0.25) is 4.79 Å². The fourth-order valence-corrected chi connectivity index (χ4v) is 2.25. The summed E-state index contributed by atoms with van der Waals surface area (Å²) >= 11 is 0. The van der Waals surface area contributed by atoms with Crippen molar-refractivity contribution in [3.63, 3.8) is 0 Å². The summed E-state index contributed by atoms with van der Waals surface area (Å²) in [5.74, 6) is 0. The Morgan fingerprint density at radius 3 is 3.06 bits per heavy atom. The molecule has 0 unspecified atom stereocenters. The van der Waals surface area contributed by atoms with E-state index in [0.29, 0.717) is 11.2 Å². The molecule has 3 atom stereocenters. The van der Waals surface area contributed by atoms with Gasteiger partial charge in [-0.05, 0) is 19.1 Å². The maximum atomic E-state index is 11.6. The van der Waals surface area contributed by atoms with Crippen LogP contribution in [0.3, 0.4) is 0 Å². The summed E-state index contributed by atoms with van der Waals surface area (Å²) < 4.78 is 6.81. The molecule has 2 aromatic rings. The summed E-state index contributed by atoms with van der Waals surface area (Å²) in [7, 11) is 0. The third-order valence-electron chi connectivity index (χ3n) is 3.38. The summed E-state index contributed by atoms with van der Waals surface area (Å²) in [6.07, 6.45) is -0.404. The van der Waals surface area contributed by atoms with Crippen LogP contribution in [0.15, 0.2) is 23.3 Å². The van der Waals surface area contributed by atoms with Crippen molar-refractivity contribution in [2.75, 3.05) is 6.61 Å². The van der Waals surface area contributed by atoms with E-state index in [4.69, 9.17) is 4.74 Å². The maximum absolute atomic E-state index is 11.6. The molecule has 0 bridgehead atoms. The highest BCUT2D eigenvalue weighted by Gasteiger charge is 2.48. The monoisotopic (exact) mass is 251 g/mol. The Balaban J connectivity index is 2.16. The van der Waals surface area contributed by atoms with E-state index in [-0.39, 0.29) is 12.2 Å². The van der Waals surface area contributed by atoms with Crippen LogP contribution in [0, 0.1) is 0 Å². The zero-order valence-corrected chi connectivity index (χ0v) is 9.70. The van der Waals surface area contributed by atoms with E-state index in [0.717, 1.165) is 0 Å². The van der Waals surface area contributed by atoms with Gasteiger partial charge in [0.25, 0.3) is 5.56 Å². The number of nitrogens with one attached hydrogen (secondary N) is 1. The third kappa shape index (κ3) is 1.41. The Morgan fingerprint density at radius 2 is 2.39 bits per heavy atom. The van der Waals surface area contributed by atoms with Crippen LogP contribution < -0.4 is 5.56 Å². The molecule has 3 N–H and O–H groups in total. The predicted molar refractivity (Wildman–Crippen MR) is 61.1 cm³/mol. The number of ether oxygens (including phenoxy) is 1. The van der Waals surface area contributed by atoms with Gasteiger partial charge in [0.2, 0.25) is 0 Å². The first-order valence-electron chi connectivity index (χ1n) is 5.59. The average Bonchev–Trinajstić information content (AvgIpc) is 2.84. The molecule has 2 aromatic heterocycles. The quantitative estimate of drug-likeness (QED) is 0.616. The lowest BCUT2D eigenvalue weighted by molar-refractivity contribution is -0.0664. The van der Waals surface area contributed by atoms with Crippen molar-refractivity contribution in [1.82, 2.24) is 14.6 Å². The molecule has 1 saturated heterocycles. The summed E-state index contributed by atoms with van der Waals surface area (Å²) in [4.78, 5) is 14.0. The largest absolute Gasteiger partial charge is 0.388 e. The van der Waals surface area contributed by atoms with Gasteiger partial charge in [0, 0.05) is 0 Å². The van der Waals surface area contributed by atoms with Crippen molar-refractivity contribution in [2.24, 2.45) is 0 Å². The number of aromatic nitrogens is 3. The Morgan fingerprint density at radius 1 is 1.61 bits per heavy atom. The van der Waals surface area contributed by atoms with Crippen LogP contribution in [0.25, 0.3) is 5.52 Å². The minimum Gasteiger partial charge on any atom is -0.388 e. The molecule has 0 spiro atoms. The van der Waals surface area contributed by atoms with Gasteiger partial charge in [0.15, 0.2) is 0 Å². The fourth-order valence-electron chi connectivity index (χ4n) is 2.25. The van der Waals surface area contributed by atoms with Gasteiger partial charge < -0.3 is 19.9 Å². The van der Waals surface area contributed by atoms with E-state index >= 15 is 0 Å². The number of hydrogen-bond acceptors (Lipinski definition) is 5. The number of nitrogens with zero attached hydrogens (tertiary/aromatic N) is 2. The van der Waals surface area contributed by atoms with Gasteiger partial charge in [-0.1, -0.05) is 0 Å². The normalized spacial score (nSPS) is 32.2. The van der Waals surface area contributed by atoms with E-state index in [9.17, 15) is 15.0 Å². The lowest BCUT2D eigenvalue weighted by Crippen LogP contribution is -2.40. The Bertz CT molecular complexity index is 645. The molecule has 7 nitrogen and oxygen atoms in total. The zero-order valence-electron chi connectivity index (χ0n) is 9.70. The molecule has 1 aliphatic heterocycles. The lowest BCUT2D eigenvalue weighted by atomic mass is 9.94. The van der Waals surface area contributed by atoms with E-state index in [1.165, 1.54) is 17.8 Å². The van der Waals surface area contributed by atoms with Gasteiger partial charge in [-0.2, -0.15) is 5.10 Å². The van der Waals surface area contributed by atoms with Crippen LogP contribution >= 0.6 is 0 Å². The van der Waals surface area contributed by atoms with Gasteiger partial charge in [0.1, 0.15) is 29.7 Å². The molecular weight excluding hydrogens is 238 g/mol. The van der Waals surface area contributed by atoms with Crippen LogP contribution in [0.1, 0.15) is 18.7 Å². The van der Waals surface area contributed by atoms with Crippen molar-refractivity contribution >= 4 is 5.52 Å². The van der Waals surface area contributed by atoms with Crippen LogP contribution in [-0.2, 0) is 4.74 Å². The van der Waals surface area contributed by atoms with Gasteiger partial charge in [-0.15, -0.1) is 0 Å². The lowest BCUT2D eigenvalue weighted by Gasteiger charge is -2.25. The van der Waals surface area contributed by atoms with Crippen LogP contribution in [0.5, 0.6) is 0 Å². The van der Waals surface area contributed by atoms with Crippen molar-refractivity contribution in [1.29, 1.82) is 0 Å². The molecule has 3 heterocycles. The SMILES string of the molecule is C[C@@]1(O)[C@H](O)CO[C@H]1c1ccc2c(=O)[nH]cnn12. The first-order chi connectivity index (χ1) is 8.51. The maximum Gasteiger partial charge on any atom is 0.275 e. The van der Waals surface area contributed by atoms with Crippen molar-refractivity contribution in [3.8, 4) is 0 Å². The molecule has 1 aliphatic rings. The smallest absolute Gasteiger partial charge is 0.275 e. The number of hydrogen-bond donors (Lipinski definition) is 3. The molecule has 3 rings (SSSR count). The molecule has 1 fully saturated rings. The third-order valence-corrected chi connectivity index (χ3v) is 3.38. The molecular formula is C11H13N3O4. The second-order valence-corrected chi connectivity index (χ2v) is 4.63. The first-order valence-corrected chi connectivity index (χ1v) is 5.59. The Kier molecular flexibility index (Phi) is 2.31. The summed E-state index contributed by atoms with van der Waals surface area (Å²) in [6.45, 7) is 1.55. The van der Waals surface area contributed by atoms with Crippen molar-refractivity contribution in [2.45, 2.75) is 24.7 Å². The molecule has 96 valence electrons. The van der Waals surface area contributed by atoms with Crippen LogP contribution in [0.4, 0.5) is 0 Å². The first kappa shape index (κ1) is 11.4. The highest BCUT2D eigenvalue weighted by atomic mass is 16.5.